The molecule has 0 aromatic heterocycles. The van der Waals surface area contributed by atoms with E-state index in [0.29, 0.717) is 10.8 Å². The van der Waals surface area contributed by atoms with Gasteiger partial charge < -0.3 is 11.1 Å². The molecule has 16 heavy (non-hydrogen) atoms. The standard InChI is InChI=1S/C14H28N2/c1-13(2)9-12(13)16-11-14(10-15)7-5-3-4-6-8-14/h12,16H,3-11,15H2,1-2H3. The summed E-state index contributed by atoms with van der Waals surface area (Å²) in [6.45, 7) is 6.73. The molecule has 0 aliphatic heterocycles. The minimum atomic E-state index is 0.412. The van der Waals surface area contributed by atoms with E-state index in [1.807, 2.05) is 0 Å². The van der Waals surface area contributed by atoms with Gasteiger partial charge >= 0.3 is 0 Å². The molecule has 2 aliphatic rings. The fourth-order valence-electron chi connectivity index (χ4n) is 3.09. The van der Waals surface area contributed by atoms with Crippen molar-refractivity contribution in [1.29, 1.82) is 0 Å². The van der Waals surface area contributed by atoms with Gasteiger partial charge in [-0.25, -0.2) is 0 Å². The van der Waals surface area contributed by atoms with Gasteiger partial charge in [-0.05, 0) is 36.6 Å². The molecule has 0 spiro atoms. The average molecular weight is 224 g/mol. The van der Waals surface area contributed by atoms with Crippen LogP contribution in [0.5, 0.6) is 0 Å². The molecule has 0 saturated heterocycles. The first kappa shape index (κ1) is 12.4. The van der Waals surface area contributed by atoms with Crippen molar-refractivity contribution < 1.29 is 0 Å². The second-order valence-corrected chi connectivity index (χ2v) is 6.74. The summed E-state index contributed by atoms with van der Waals surface area (Å²) in [6.07, 6.45) is 9.61. The van der Waals surface area contributed by atoms with Gasteiger partial charge in [0.1, 0.15) is 0 Å². The predicted octanol–water partition coefficient (Wildman–Crippen LogP) is 2.67. The maximum Gasteiger partial charge on any atom is 0.0125 e. The van der Waals surface area contributed by atoms with Gasteiger partial charge in [0.2, 0.25) is 0 Å². The van der Waals surface area contributed by atoms with Gasteiger partial charge in [-0.1, -0.05) is 39.5 Å². The first-order chi connectivity index (χ1) is 7.58. The van der Waals surface area contributed by atoms with Crippen LogP contribution in [-0.4, -0.2) is 19.1 Å². The quantitative estimate of drug-likeness (QED) is 0.721. The molecule has 2 rings (SSSR count). The third-order valence-corrected chi connectivity index (χ3v) is 4.83. The maximum absolute atomic E-state index is 6.04. The number of nitrogens with one attached hydrogen (secondary N) is 1. The van der Waals surface area contributed by atoms with Crippen molar-refractivity contribution in [3.63, 3.8) is 0 Å². The van der Waals surface area contributed by atoms with E-state index in [1.165, 1.54) is 44.9 Å². The third-order valence-electron chi connectivity index (χ3n) is 4.83. The van der Waals surface area contributed by atoms with Gasteiger partial charge in [0.25, 0.3) is 0 Å². The van der Waals surface area contributed by atoms with Crippen LogP contribution >= 0.6 is 0 Å². The molecule has 2 aliphatic carbocycles. The molecule has 2 nitrogen and oxygen atoms in total. The fourth-order valence-corrected chi connectivity index (χ4v) is 3.09. The lowest BCUT2D eigenvalue weighted by Gasteiger charge is -2.32. The predicted molar refractivity (Wildman–Crippen MR) is 69.4 cm³/mol. The minimum absolute atomic E-state index is 0.412. The second kappa shape index (κ2) is 4.66. The normalized spacial score (nSPS) is 32.1. The van der Waals surface area contributed by atoms with Crippen molar-refractivity contribution in [1.82, 2.24) is 5.32 Å². The van der Waals surface area contributed by atoms with Gasteiger partial charge in [0.15, 0.2) is 0 Å². The zero-order valence-corrected chi connectivity index (χ0v) is 11.0. The van der Waals surface area contributed by atoms with Crippen molar-refractivity contribution in [2.24, 2.45) is 16.6 Å². The van der Waals surface area contributed by atoms with Gasteiger partial charge in [0, 0.05) is 12.6 Å². The summed E-state index contributed by atoms with van der Waals surface area (Å²) in [7, 11) is 0. The average Bonchev–Trinajstić information content (AvgIpc) is 2.93. The van der Waals surface area contributed by atoms with E-state index >= 15 is 0 Å². The maximum atomic E-state index is 6.04. The van der Waals surface area contributed by atoms with Gasteiger partial charge in [-0.3, -0.25) is 0 Å². The Hall–Kier alpha value is -0.0800. The number of rotatable bonds is 4. The van der Waals surface area contributed by atoms with Crippen LogP contribution in [-0.2, 0) is 0 Å². The highest BCUT2D eigenvalue weighted by Crippen LogP contribution is 2.45. The SMILES string of the molecule is CC1(C)CC1NCC1(CN)CCCCCC1. The van der Waals surface area contributed by atoms with Crippen LogP contribution < -0.4 is 11.1 Å². The van der Waals surface area contributed by atoms with Crippen molar-refractivity contribution in [2.45, 2.75) is 64.8 Å². The molecule has 94 valence electrons. The van der Waals surface area contributed by atoms with Crippen LogP contribution in [0.15, 0.2) is 0 Å². The Morgan fingerprint density at radius 2 is 1.69 bits per heavy atom. The molecule has 0 aromatic rings. The molecule has 2 fully saturated rings. The Kier molecular flexibility index (Phi) is 3.60. The van der Waals surface area contributed by atoms with Crippen LogP contribution in [0.1, 0.15) is 58.8 Å². The second-order valence-electron chi connectivity index (χ2n) is 6.74. The van der Waals surface area contributed by atoms with Crippen LogP contribution in [0.2, 0.25) is 0 Å². The van der Waals surface area contributed by atoms with E-state index in [9.17, 15) is 0 Å². The van der Waals surface area contributed by atoms with Crippen LogP contribution in [0.4, 0.5) is 0 Å². The van der Waals surface area contributed by atoms with Crippen LogP contribution in [0, 0.1) is 10.8 Å². The monoisotopic (exact) mass is 224 g/mol. The van der Waals surface area contributed by atoms with Crippen molar-refractivity contribution in [3.8, 4) is 0 Å². The highest BCUT2D eigenvalue weighted by atomic mass is 15.0. The van der Waals surface area contributed by atoms with Crippen molar-refractivity contribution >= 4 is 0 Å². The third kappa shape index (κ3) is 2.78. The molecule has 0 heterocycles. The Morgan fingerprint density at radius 1 is 1.12 bits per heavy atom. The summed E-state index contributed by atoms with van der Waals surface area (Å²) < 4.78 is 0. The van der Waals surface area contributed by atoms with E-state index in [1.54, 1.807) is 0 Å². The molecule has 1 atom stereocenters. The number of hydrogen-bond acceptors (Lipinski definition) is 2. The molecule has 2 heteroatoms. The van der Waals surface area contributed by atoms with Crippen molar-refractivity contribution in [2.75, 3.05) is 13.1 Å². The number of nitrogens with two attached hydrogens (primary N) is 1. The molecule has 0 radical (unpaired) electrons. The van der Waals surface area contributed by atoms with E-state index in [4.69, 9.17) is 5.73 Å². The van der Waals surface area contributed by atoms with Crippen LogP contribution in [0.25, 0.3) is 0 Å². The first-order valence-corrected chi connectivity index (χ1v) is 7.02. The summed E-state index contributed by atoms with van der Waals surface area (Å²) in [4.78, 5) is 0. The molecular formula is C14H28N2. The summed E-state index contributed by atoms with van der Waals surface area (Å²) in [5.74, 6) is 0. The Morgan fingerprint density at radius 3 is 2.12 bits per heavy atom. The summed E-state index contributed by atoms with van der Waals surface area (Å²) in [6, 6.07) is 0.749. The Labute approximate surface area is 100 Å². The summed E-state index contributed by atoms with van der Waals surface area (Å²) >= 11 is 0. The minimum Gasteiger partial charge on any atom is -0.330 e. The summed E-state index contributed by atoms with van der Waals surface area (Å²) in [5.41, 5.74) is 7.00. The largest absolute Gasteiger partial charge is 0.330 e. The van der Waals surface area contributed by atoms with Gasteiger partial charge in [-0.15, -0.1) is 0 Å². The molecule has 3 N–H and O–H groups in total. The van der Waals surface area contributed by atoms with E-state index in [2.05, 4.69) is 19.2 Å². The van der Waals surface area contributed by atoms with E-state index < -0.39 is 0 Å². The molecule has 0 aromatic carbocycles. The lowest BCUT2D eigenvalue weighted by atomic mass is 9.80. The molecule has 0 bridgehead atoms. The smallest absolute Gasteiger partial charge is 0.0125 e. The summed E-state index contributed by atoms with van der Waals surface area (Å²) in [5, 5.41) is 3.76. The molecule has 2 saturated carbocycles. The van der Waals surface area contributed by atoms with E-state index in [-0.39, 0.29) is 0 Å². The number of hydrogen-bond donors (Lipinski definition) is 2. The lowest BCUT2D eigenvalue weighted by molar-refractivity contribution is 0.238. The van der Waals surface area contributed by atoms with E-state index in [0.717, 1.165) is 19.1 Å². The zero-order valence-electron chi connectivity index (χ0n) is 11.0. The fraction of sp³-hybridized carbons (Fsp3) is 1.00. The zero-order chi connectivity index (χ0) is 11.6. The van der Waals surface area contributed by atoms with Gasteiger partial charge in [-0.2, -0.15) is 0 Å². The molecule has 0 amide bonds. The van der Waals surface area contributed by atoms with Gasteiger partial charge in [0.05, 0.1) is 0 Å². The lowest BCUT2D eigenvalue weighted by Crippen LogP contribution is -2.41. The topological polar surface area (TPSA) is 38.0 Å². The highest BCUT2D eigenvalue weighted by molar-refractivity contribution is 5.02. The van der Waals surface area contributed by atoms with Crippen LogP contribution in [0.3, 0.4) is 0 Å². The Bertz CT molecular complexity index is 227. The highest BCUT2D eigenvalue weighted by Gasteiger charge is 2.46. The first-order valence-electron chi connectivity index (χ1n) is 7.02. The molecular weight excluding hydrogens is 196 g/mol. The Balaban J connectivity index is 1.83. The van der Waals surface area contributed by atoms with Crippen molar-refractivity contribution in [3.05, 3.63) is 0 Å². The molecule has 1 unspecified atom stereocenters.